The van der Waals surface area contributed by atoms with Crippen molar-refractivity contribution in [1.82, 2.24) is 0 Å². The second-order valence-electron chi connectivity index (χ2n) is 4.43. The normalized spacial score (nSPS) is 12.2. The highest BCUT2D eigenvalue weighted by Gasteiger charge is 2.19. The van der Waals surface area contributed by atoms with Crippen LogP contribution in [0, 0.1) is 0 Å². The van der Waals surface area contributed by atoms with Gasteiger partial charge in [-0.15, -0.1) is 11.6 Å². The van der Waals surface area contributed by atoms with E-state index in [1.165, 1.54) is 18.3 Å². The fourth-order valence-corrected chi connectivity index (χ4v) is 3.77. The van der Waals surface area contributed by atoms with Crippen LogP contribution < -0.4 is 0 Å². The minimum Gasteiger partial charge on any atom is -0.271 e. The highest BCUT2D eigenvalue weighted by molar-refractivity contribution is 7.91. The van der Waals surface area contributed by atoms with Gasteiger partial charge in [-0.05, 0) is 42.1 Å². The van der Waals surface area contributed by atoms with E-state index < -0.39 is 9.84 Å². The summed E-state index contributed by atoms with van der Waals surface area (Å²) >= 11 is 12.0. The maximum Gasteiger partial charge on any atom is 0.206 e. The molecule has 114 valence electrons. The van der Waals surface area contributed by atoms with Crippen LogP contribution >= 0.6 is 23.2 Å². The maximum atomic E-state index is 12.6. The summed E-state index contributed by atoms with van der Waals surface area (Å²) in [6.45, 7) is 3.34. The zero-order valence-electron chi connectivity index (χ0n) is 11.5. The summed E-state index contributed by atoms with van der Waals surface area (Å²) in [5.74, 6) is 0.134. The van der Waals surface area contributed by atoms with E-state index in [-0.39, 0.29) is 15.7 Å². The molecule has 0 saturated carbocycles. The number of alkyl halides is 1. The number of rotatable bonds is 5. The van der Waals surface area contributed by atoms with E-state index in [0.29, 0.717) is 16.2 Å². The number of hydrogen-bond donors (Lipinski definition) is 0. The summed E-state index contributed by atoms with van der Waals surface area (Å²) in [5.41, 5.74) is 1.25. The highest BCUT2D eigenvalue weighted by Crippen LogP contribution is 2.29. The quantitative estimate of drug-likeness (QED) is 0.586. The lowest BCUT2D eigenvalue weighted by atomic mass is 10.1. The van der Waals surface area contributed by atoms with Crippen LogP contribution in [0.25, 0.3) is 5.03 Å². The topological polar surface area (TPSA) is 46.5 Å². The van der Waals surface area contributed by atoms with Crippen molar-refractivity contribution in [3.05, 3.63) is 65.9 Å². The SMILES string of the molecule is C=NC=C(Cl)c1ccc(S(=O)(=O)c2ccccc2)cc1CCl. The Morgan fingerprint density at radius 1 is 1.14 bits per heavy atom. The minimum atomic E-state index is -3.58. The van der Waals surface area contributed by atoms with Gasteiger partial charge in [0.2, 0.25) is 9.84 Å². The molecule has 22 heavy (non-hydrogen) atoms. The molecule has 0 radical (unpaired) electrons. The first-order chi connectivity index (χ1) is 10.5. The van der Waals surface area contributed by atoms with Crippen LogP contribution in [0.3, 0.4) is 0 Å². The Kier molecular flexibility index (Phi) is 5.40. The van der Waals surface area contributed by atoms with Gasteiger partial charge in [0.05, 0.1) is 14.8 Å². The Morgan fingerprint density at radius 2 is 1.82 bits per heavy atom. The molecule has 0 aliphatic rings. The van der Waals surface area contributed by atoms with Gasteiger partial charge in [-0.25, -0.2) is 8.42 Å². The Bertz CT molecular complexity index is 815. The van der Waals surface area contributed by atoms with Crippen LogP contribution in [0.5, 0.6) is 0 Å². The van der Waals surface area contributed by atoms with Crippen molar-refractivity contribution in [3.8, 4) is 0 Å². The summed E-state index contributed by atoms with van der Waals surface area (Å²) in [6.07, 6.45) is 1.39. The van der Waals surface area contributed by atoms with Crippen molar-refractivity contribution in [2.75, 3.05) is 0 Å². The first-order valence-electron chi connectivity index (χ1n) is 6.31. The third-order valence-electron chi connectivity index (χ3n) is 3.05. The van der Waals surface area contributed by atoms with Gasteiger partial charge < -0.3 is 0 Å². The highest BCUT2D eigenvalue weighted by atomic mass is 35.5. The van der Waals surface area contributed by atoms with Crippen LogP contribution in [0.2, 0.25) is 0 Å². The molecule has 0 aliphatic carbocycles. The lowest BCUT2D eigenvalue weighted by Crippen LogP contribution is -2.03. The van der Waals surface area contributed by atoms with Gasteiger partial charge in [0.15, 0.2) is 0 Å². The van der Waals surface area contributed by atoms with Crippen molar-refractivity contribution in [1.29, 1.82) is 0 Å². The lowest BCUT2D eigenvalue weighted by molar-refractivity contribution is 0.596. The molecule has 2 aromatic carbocycles. The van der Waals surface area contributed by atoms with Crippen LogP contribution in [0.15, 0.2) is 69.5 Å². The van der Waals surface area contributed by atoms with E-state index in [1.807, 2.05) is 0 Å². The molecule has 0 bridgehead atoms. The summed E-state index contributed by atoms with van der Waals surface area (Å²) in [5, 5.41) is 0.356. The molecule has 0 saturated heterocycles. The van der Waals surface area contributed by atoms with E-state index in [4.69, 9.17) is 23.2 Å². The molecule has 0 spiro atoms. The zero-order valence-corrected chi connectivity index (χ0v) is 13.9. The van der Waals surface area contributed by atoms with E-state index in [9.17, 15) is 8.42 Å². The van der Waals surface area contributed by atoms with Gasteiger partial charge in [-0.2, -0.15) is 0 Å². The molecular weight excluding hydrogens is 341 g/mol. The molecule has 0 aliphatic heterocycles. The number of hydrogen-bond acceptors (Lipinski definition) is 3. The average Bonchev–Trinajstić information content (AvgIpc) is 2.55. The second-order valence-corrected chi connectivity index (χ2v) is 7.05. The number of benzene rings is 2. The fourth-order valence-electron chi connectivity index (χ4n) is 1.97. The molecule has 0 fully saturated rings. The Balaban J connectivity index is 2.55. The Morgan fingerprint density at radius 3 is 2.41 bits per heavy atom. The van der Waals surface area contributed by atoms with Crippen molar-refractivity contribution in [3.63, 3.8) is 0 Å². The molecule has 0 heterocycles. The molecule has 0 unspecified atom stereocenters. The van der Waals surface area contributed by atoms with Crippen molar-refractivity contribution < 1.29 is 8.42 Å². The smallest absolute Gasteiger partial charge is 0.206 e. The van der Waals surface area contributed by atoms with Crippen molar-refractivity contribution >= 4 is 44.8 Å². The molecule has 3 nitrogen and oxygen atoms in total. The van der Waals surface area contributed by atoms with Gasteiger partial charge in [0.25, 0.3) is 0 Å². The van der Waals surface area contributed by atoms with E-state index in [2.05, 4.69) is 11.7 Å². The zero-order chi connectivity index (χ0) is 16.2. The fraction of sp³-hybridized carbons (Fsp3) is 0.0625. The molecule has 0 N–H and O–H groups in total. The van der Waals surface area contributed by atoms with Crippen molar-refractivity contribution in [2.45, 2.75) is 15.7 Å². The van der Waals surface area contributed by atoms with Crippen LogP contribution in [0.1, 0.15) is 11.1 Å². The second kappa shape index (κ2) is 7.09. The van der Waals surface area contributed by atoms with Crippen LogP contribution in [-0.4, -0.2) is 15.1 Å². The minimum absolute atomic E-state index is 0.134. The van der Waals surface area contributed by atoms with E-state index >= 15 is 0 Å². The number of sulfone groups is 1. The predicted octanol–water partition coefficient (Wildman–Crippen LogP) is 4.50. The summed E-state index contributed by atoms with van der Waals surface area (Å²) in [4.78, 5) is 4.01. The van der Waals surface area contributed by atoms with Crippen molar-refractivity contribution in [2.24, 2.45) is 4.99 Å². The lowest BCUT2D eigenvalue weighted by Gasteiger charge is -2.10. The number of halogens is 2. The monoisotopic (exact) mass is 353 g/mol. The summed E-state index contributed by atoms with van der Waals surface area (Å²) in [6, 6.07) is 12.9. The van der Waals surface area contributed by atoms with E-state index in [0.717, 1.165) is 0 Å². The molecule has 6 heteroatoms. The Labute approximate surface area is 139 Å². The standard InChI is InChI=1S/C16H13Cl2NO2S/c1-19-11-16(18)15-8-7-14(9-12(15)10-17)22(20,21)13-5-3-2-4-6-13/h2-9,11H,1,10H2. The summed E-state index contributed by atoms with van der Waals surface area (Å²) < 4.78 is 25.2. The largest absolute Gasteiger partial charge is 0.271 e. The average molecular weight is 354 g/mol. The van der Waals surface area contributed by atoms with Gasteiger partial charge in [-0.1, -0.05) is 35.9 Å². The van der Waals surface area contributed by atoms with Gasteiger partial charge >= 0.3 is 0 Å². The first-order valence-corrected chi connectivity index (χ1v) is 8.71. The molecule has 0 atom stereocenters. The predicted molar refractivity (Wildman–Crippen MR) is 91.3 cm³/mol. The Hall–Kier alpha value is -1.62. The van der Waals surface area contributed by atoms with Gasteiger partial charge in [0.1, 0.15) is 0 Å². The molecule has 0 amide bonds. The third kappa shape index (κ3) is 3.40. The number of nitrogens with zero attached hydrogens (tertiary/aromatic N) is 1. The number of aliphatic imine (C=N–C) groups is 1. The van der Waals surface area contributed by atoms with Gasteiger partial charge in [0, 0.05) is 12.1 Å². The van der Waals surface area contributed by atoms with Crippen LogP contribution in [-0.2, 0) is 15.7 Å². The maximum absolute atomic E-state index is 12.6. The molecule has 2 rings (SSSR count). The molecule has 2 aromatic rings. The van der Waals surface area contributed by atoms with Gasteiger partial charge in [-0.3, -0.25) is 4.99 Å². The van der Waals surface area contributed by atoms with Crippen LogP contribution in [0.4, 0.5) is 0 Å². The first kappa shape index (κ1) is 16.7. The molecule has 0 aromatic heterocycles. The van der Waals surface area contributed by atoms with E-state index in [1.54, 1.807) is 36.4 Å². The summed E-state index contributed by atoms with van der Waals surface area (Å²) in [7, 11) is -3.58. The molecular formula is C16H13Cl2NO2S. The third-order valence-corrected chi connectivity index (χ3v) is 5.40.